The highest BCUT2D eigenvalue weighted by molar-refractivity contribution is 5.89. The highest BCUT2D eigenvalue weighted by Gasteiger charge is 2.01. The zero-order valence-corrected chi connectivity index (χ0v) is 10.1. The molecule has 1 rings (SSSR count). The summed E-state index contributed by atoms with van der Waals surface area (Å²) in [6.45, 7) is 1.18. The zero-order chi connectivity index (χ0) is 13.5. The topological polar surface area (TPSA) is 94.4 Å². The van der Waals surface area contributed by atoms with Crippen LogP contribution < -0.4 is 5.32 Å². The summed E-state index contributed by atoms with van der Waals surface area (Å²) in [6.07, 6.45) is 0. The van der Waals surface area contributed by atoms with Crippen LogP contribution in [0.15, 0.2) is 34.6 Å². The smallest absolute Gasteiger partial charge is 0.324 e. The van der Waals surface area contributed by atoms with Crippen LogP contribution in [0.1, 0.15) is 6.92 Å². The average molecular weight is 250 g/mol. The van der Waals surface area contributed by atoms with E-state index in [0.29, 0.717) is 11.4 Å². The van der Waals surface area contributed by atoms with E-state index in [2.05, 4.69) is 15.7 Å². The quantitative estimate of drug-likeness (QED) is 0.613. The van der Waals surface area contributed by atoms with E-state index in [1.807, 2.05) is 0 Å². The number of carbonyl (C=O) groups excluding carboxylic acids is 1. The Morgan fingerprint density at radius 3 is 2.78 bits per heavy atom. The molecule has 0 fully saturated rings. The van der Waals surface area contributed by atoms with Crippen LogP contribution in [0.25, 0.3) is 0 Å². The molecule has 96 valence electrons. The maximum absolute atomic E-state index is 10.9. The number of rotatable bonds is 5. The van der Waals surface area contributed by atoms with E-state index in [0.717, 1.165) is 0 Å². The predicted molar refractivity (Wildman–Crippen MR) is 65.5 cm³/mol. The number of carboxylic acids is 1. The van der Waals surface area contributed by atoms with Crippen molar-refractivity contribution in [3.63, 3.8) is 0 Å². The minimum atomic E-state index is -0.983. The normalized spacial score (nSPS) is 10.3. The minimum absolute atomic E-state index is 0.174. The van der Waals surface area contributed by atoms with Crippen LogP contribution in [0.4, 0.5) is 11.4 Å². The highest BCUT2D eigenvalue weighted by Crippen LogP contribution is 2.18. The number of likely N-dealkylation sites (N-methyl/N-ethyl adjacent to an activating group) is 1. The number of aliphatic carboxylic acids is 1. The average Bonchev–Trinajstić information content (AvgIpc) is 2.25. The molecule has 1 aromatic rings. The van der Waals surface area contributed by atoms with Gasteiger partial charge in [-0.15, -0.1) is 5.11 Å². The van der Waals surface area contributed by atoms with Crippen molar-refractivity contribution in [2.24, 2.45) is 10.3 Å². The van der Waals surface area contributed by atoms with Crippen molar-refractivity contribution >= 4 is 23.3 Å². The Hall–Kier alpha value is -2.44. The molecule has 0 aliphatic rings. The summed E-state index contributed by atoms with van der Waals surface area (Å²) in [5.41, 5.74) is 1.14. The van der Waals surface area contributed by atoms with Gasteiger partial charge >= 0.3 is 5.97 Å². The van der Waals surface area contributed by atoms with Crippen molar-refractivity contribution in [3.05, 3.63) is 24.3 Å². The third-order valence-corrected chi connectivity index (χ3v) is 1.84. The summed E-state index contributed by atoms with van der Waals surface area (Å²) in [4.78, 5) is 21.3. The monoisotopic (exact) mass is 250 g/mol. The molecule has 18 heavy (non-hydrogen) atoms. The number of benzene rings is 1. The van der Waals surface area contributed by atoms with Crippen molar-refractivity contribution in [1.29, 1.82) is 0 Å². The van der Waals surface area contributed by atoms with Crippen molar-refractivity contribution in [1.82, 2.24) is 5.01 Å². The first-order chi connectivity index (χ1) is 8.47. The summed E-state index contributed by atoms with van der Waals surface area (Å²) in [5.74, 6) is -1.16. The Balaban J connectivity index is 2.69. The first-order valence-corrected chi connectivity index (χ1v) is 5.19. The lowest BCUT2D eigenvalue weighted by molar-refractivity contribution is -0.138. The maximum atomic E-state index is 10.9. The lowest BCUT2D eigenvalue weighted by Crippen LogP contribution is -2.19. The van der Waals surface area contributed by atoms with Gasteiger partial charge < -0.3 is 10.4 Å². The second kappa shape index (κ2) is 6.33. The van der Waals surface area contributed by atoms with Crippen LogP contribution >= 0.6 is 0 Å². The summed E-state index contributed by atoms with van der Waals surface area (Å²) >= 11 is 0. The van der Waals surface area contributed by atoms with Gasteiger partial charge in [-0.1, -0.05) is 11.3 Å². The number of nitrogens with zero attached hydrogens (tertiary/aromatic N) is 3. The molecule has 0 atom stereocenters. The Kier molecular flexibility index (Phi) is 4.79. The maximum Gasteiger partial charge on any atom is 0.324 e. The lowest BCUT2D eigenvalue weighted by atomic mass is 10.3. The number of anilines is 1. The molecule has 0 aliphatic carbocycles. The third-order valence-electron chi connectivity index (χ3n) is 1.84. The van der Waals surface area contributed by atoms with Gasteiger partial charge in [-0.25, -0.2) is 0 Å². The molecule has 0 saturated heterocycles. The van der Waals surface area contributed by atoms with Crippen molar-refractivity contribution < 1.29 is 14.7 Å². The van der Waals surface area contributed by atoms with Crippen LogP contribution in [0.2, 0.25) is 0 Å². The zero-order valence-electron chi connectivity index (χ0n) is 10.1. The molecule has 0 unspecified atom stereocenters. The first kappa shape index (κ1) is 13.6. The van der Waals surface area contributed by atoms with E-state index >= 15 is 0 Å². The van der Waals surface area contributed by atoms with Gasteiger partial charge in [0.25, 0.3) is 0 Å². The molecule has 0 aromatic heterocycles. The highest BCUT2D eigenvalue weighted by atomic mass is 16.4. The van der Waals surface area contributed by atoms with Gasteiger partial charge in [0.1, 0.15) is 6.54 Å². The van der Waals surface area contributed by atoms with Gasteiger partial charge in [0.05, 0.1) is 5.69 Å². The summed E-state index contributed by atoms with van der Waals surface area (Å²) in [6, 6.07) is 6.78. The number of carbonyl (C=O) groups is 2. The summed E-state index contributed by atoms with van der Waals surface area (Å²) < 4.78 is 0. The first-order valence-electron chi connectivity index (χ1n) is 5.19. The Labute approximate surface area is 104 Å². The van der Waals surface area contributed by atoms with Crippen molar-refractivity contribution in [3.8, 4) is 0 Å². The second-order valence-electron chi connectivity index (χ2n) is 3.63. The molecule has 0 spiro atoms. The Bertz CT molecular complexity index is 473. The molecule has 0 radical (unpaired) electrons. The van der Waals surface area contributed by atoms with Crippen LogP contribution in [0.5, 0.6) is 0 Å². The molecule has 0 heterocycles. The van der Waals surface area contributed by atoms with Gasteiger partial charge in [-0.2, -0.15) is 0 Å². The van der Waals surface area contributed by atoms with Crippen LogP contribution in [0.3, 0.4) is 0 Å². The summed E-state index contributed by atoms with van der Waals surface area (Å²) in [5, 5.41) is 19.9. The molecule has 2 N–H and O–H groups in total. The predicted octanol–water partition coefficient (Wildman–Crippen LogP) is 1.66. The third kappa shape index (κ3) is 5.06. The van der Waals surface area contributed by atoms with Gasteiger partial charge in [-0.3, -0.25) is 14.6 Å². The Morgan fingerprint density at radius 1 is 1.44 bits per heavy atom. The molecule has 0 saturated carbocycles. The number of nitrogens with one attached hydrogen (secondary N) is 1. The standard InChI is InChI=1S/C11H14N4O3/c1-8(16)12-9-4-3-5-10(6-9)13-14-15(2)7-11(17)18/h3-6H,7H2,1-2H3,(H,12,16)(H,17,18)/b14-13+. The van der Waals surface area contributed by atoms with Crippen molar-refractivity contribution in [2.75, 3.05) is 18.9 Å². The van der Waals surface area contributed by atoms with Crippen molar-refractivity contribution in [2.45, 2.75) is 6.92 Å². The molecule has 0 bridgehead atoms. The fourth-order valence-corrected chi connectivity index (χ4v) is 1.20. The van der Waals surface area contributed by atoms with E-state index in [4.69, 9.17) is 5.11 Å². The van der Waals surface area contributed by atoms with E-state index in [1.165, 1.54) is 19.0 Å². The van der Waals surface area contributed by atoms with Gasteiger partial charge in [0.15, 0.2) is 0 Å². The number of hydrogen-bond acceptors (Lipinski definition) is 4. The van der Waals surface area contributed by atoms with Crippen LogP contribution in [-0.2, 0) is 9.59 Å². The lowest BCUT2D eigenvalue weighted by Gasteiger charge is -2.07. The molecule has 0 aliphatic heterocycles. The number of amides is 1. The SMILES string of the molecule is CC(=O)Nc1cccc(/N=N/N(C)CC(=O)O)c1. The largest absolute Gasteiger partial charge is 0.480 e. The van der Waals surface area contributed by atoms with E-state index in [9.17, 15) is 9.59 Å². The molecule has 1 amide bonds. The van der Waals surface area contributed by atoms with Gasteiger partial charge in [0.2, 0.25) is 5.91 Å². The Morgan fingerprint density at radius 2 is 2.17 bits per heavy atom. The number of carboxylic acid groups (broad SMARTS) is 1. The second-order valence-corrected chi connectivity index (χ2v) is 3.63. The fraction of sp³-hybridized carbons (Fsp3) is 0.273. The molecule has 7 heteroatoms. The van der Waals surface area contributed by atoms with Gasteiger partial charge in [0, 0.05) is 19.7 Å². The van der Waals surface area contributed by atoms with E-state index in [1.54, 1.807) is 24.3 Å². The van der Waals surface area contributed by atoms with Crippen LogP contribution in [-0.4, -0.2) is 35.6 Å². The molecular formula is C11H14N4O3. The fourth-order valence-electron chi connectivity index (χ4n) is 1.20. The summed E-state index contributed by atoms with van der Waals surface area (Å²) in [7, 11) is 1.51. The van der Waals surface area contributed by atoms with Gasteiger partial charge in [-0.05, 0) is 18.2 Å². The van der Waals surface area contributed by atoms with E-state index in [-0.39, 0.29) is 12.5 Å². The van der Waals surface area contributed by atoms with Crippen LogP contribution in [0, 0.1) is 0 Å². The minimum Gasteiger partial charge on any atom is -0.480 e. The molecule has 1 aromatic carbocycles. The number of hydrogen-bond donors (Lipinski definition) is 2. The molecular weight excluding hydrogens is 236 g/mol. The molecule has 7 nitrogen and oxygen atoms in total. The van der Waals surface area contributed by atoms with E-state index < -0.39 is 5.97 Å².